The summed E-state index contributed by atoms with van der Waals surface area (Å²) in [5, 5.41) is 15.2. The normalized spacial score (nSPS) is 22.2. The smallest absolute Gasteiger partial charge is 0.315 e. The van der Waals surface area contributed by atoms with Gasteiger partial charge >= 0.3 is 6.03 Å². The van der Waals surface area contributed by atoms with Crippen LogP contribution in [0, 0.1) is 11.7 Å². The summed E-state index contributed by atoms with van der Waals surface area (Å²) in [6.45, 7) is 4.41. The fraction of sp³-hybridized carbons (Fsp3) is 0.562. The Bertz CT molecular complexity index is 556. The van der Waals surface area contributed by atoms with Crippen molar-refractivity contribution in [3.8, 4) is 0 Å². The summed E-state index contributed by atoms with van der Waals surface area (Å²) < 4.78 is 19.2. The molecule has 0 bridgehead atoms. The maximum atomic E-state index is 13.6. The second-order valence-electron chi connectivity index (χ2n) is 6.03. The molecule has 3 atom stereocenters. The van der Waals surface area contributed by atoms with E-state index in [0.29, 0.717) is 18.6 Å². The minimum atomic E-state index is -0.596. The SMILES string of the molecule is CC(C)C(O)CNC(=O)NC1CCOC1c1ccc(Cl)c(F)c1. The molecule has 1 aromatic carbocycles. The first-order chi connectivity index (χ1) is 10.9. The molecule has 0 radical (unpaired) electrons. The lowest BCUT2D eigenvalue weighted by Crippen LogP contribution is -2.46. The molecule has 1 heterocycles. The van der Waals surface area contributed by atoms with Gasteiger partial charge in [-0.15, -0.1) is 0 Å². The number of ether oxygens (including phenoxy) is 1. The zero-order valence-electron chi connectivity index (χ0n) is 13.2. The number of hydrogen-bond acceptors (Lipinski definition) is 3. The summed E-state index contributed by atoms with van der Waals surface area (Å²) >= 11 is 5.69. The van der Waals surface area contributed by atoms with Gasteiger partial charge in [0, 0.05) is 13.2 Å². The molecule has 0 saturated carbocycles. The fourth-order valence-electron chi connectivity index (χ4n) is 2.41. The third-order valence-electron chi connectivity index (χ3n) is 3.92. The van der Waals surface area contributed by atoms with E-state index in [1.54, 1.807) is 6.07 Å². The van der Waals surface area contributed by atoms with Gasteiger partial charge in [0.2, 0.25) is 0 Å². The van der Waals surface area contributed by atoms with Gasteiger partial charge in [-0.3, -0.25) is 0 Å². The summed E-state index contributed by atoms with van der Waals surface area (Å²) in [6.07, 6.45) is -0.376. The Morgan fingerprint density at radius 2 is 2.26 bits per heavy atom. The average Bonchev–Trinajstić information content (AvgIpc) is 2.95. The lowest BCUT2D eigenvalue weighted by atomic mass is 10.0. The second kappa shape index (κ2) is 7.95. The molecule has 2 rings (SSSR count). The van der Waals surface area contributed by atoms with Crippen molar-refractivity contribution in [1.82, 2.24) is 10.6 Å². The van der Waals surface area contributed by atoms with E-state index in [2.05, 4.69) is 10.6 Å². The molecule has 1 saturated heterocycles. The molecule has 1 aliphatic rings. The molecule has 1 aliphatic heterocycles. The Hall–Kier alpha value is -1.37. The minimum Gasteiger partial charge on any atom is -0.391 e. The molecule has 128 valence electrons. The summed E-state index contributed by atoms with van der Waals surface area (Å²) in [6, 6.07) is 3.86. The van der Waals surface area contributed by atoms with E-state index in [9.17, 15) is 14.3 Å². The van der Waals surface area contributed by atoms with Gasteiger partial charge < -0.3 is 20.5 Å². The van der Waals surface area contributed by atoms with Gasteiger partial charge in [-0.2, -0.15) is 0 Å². The highest BCUT2D eigenvalue weighted by molar-refractivity contribution is 6.30. The maximum absolute atomic E-state index is 13.6. The number of amides is 2. The molecular formula is C16H22ClFN2O3. The number of hydrogen-bond donors (Lipinski definition) is 3. The molecule has 5 nitrogen and oxygen atoms in total. The van der Waals surface area contributed by atoms with Crippen LogP contribution in [-0.4, -0.2) is 36.4 Å². The predicted molar refractivity (Wildman–Crippen MR) is 85.9 cm³/mol. The lowest BCUT2D eigenvalue weighted by molar-refractivity contribution is 0.0988. The quantitative estimate of drug-likeness (QED) is 0.769. The zero-order valence-corrected chi connectivity index (χ0v) is 13.9. The van der Waals surface area contributed by atoms with Gasteiger partial charge in [0.15, 0.2) is 0 Å². The number of nitrogens with one attached hydrogen (secondary N) is 2. The van der Waals surface area contributed by atoms with Crippen molar-refractivity contribution in [3.63, 3.8) is 0 Å². The van der Waals surface area contributed by atoms with Crippen LogP contribution in [0.4, 0.5) is 9.18 Å². The van der Waals surface area contributed by atoms with Crippen molar-refractivity contribution in [2.75, 3.05) is 13.2 Å². The molecule has 3 unspecified atom stereocenters. The van der Waals surface area contributed by atoms with Gasteiger partial charge in [-0.25, -0.2) is 9.18 Å². The Kier molecular flexibility index (Phi) is 6.21. The highest BCUT2D eigenvalue weighted by atomic mass is 35.5. The molecule has 7 heteroatoms. The molecular weight excluding hydrogens is 323 g/mol. The number of aliphatic hydroxyl groups excluding tert-OH is 1. The summed E-state index contributed by atoms with van der Waals surface area (Å²) in [5.41, 5.74) is 0.636. The first-order valence-electron chi connectivity index (χ1n) is 7.67. The largest absolute Gasteiger partial charge is 0.391 e. The standard InChI is InChI=1S/C16H22ClFN2O3/c1-9(2)14(21)8-19-16(22)20-13-5-6-23-15(13)10-3-4-11(17)12(18)7-10/h3-4,7,9,13-15,21H,5-6,8H2,1-2H3,(H2,19,20,22). The highest BCUT2D eigenvalue weighted by Crippen LogP contribution is 2.31. The number of benzene rings is 1. The third-order valence-corrected chi connectivity index (χ3v) is 4.23. The molecule has 0 aliphatic carbocycles. The van der Waals surface area contributed by atoms with Crippen LogP contribution >= 0.6 is 11.6 Å². The number of urea groups is 1. The van der Waals surface area contributed by atoms with E-state index in [4.69, 9.17) is 16.3 Å². The summed E-state index contributed by atoms with van der Waals surface area (Å²) in [5.74, 6) is -0.446. The van der Waals surface area contributed by atoms with Crippen LogP contribution in [0.1, 0.15) is 31.9 Å². The topological polar surface area (TPSA) is 70.6 Å². The van der Waals surface area contributed by atoms with Crippen LogP contribution in [0.25, 0.3) is 0 Å². The van der Waals surface area contributed by atoms with Gasteiger partial charge in [0.25, 0.3) is 0 Å². The van der Waals surface area contributed by atoms with Crippen molar-refractivity contribution in [2.45, 2.75) is 38.5 Å². The van der Waals surface area contributed by atoms with Crippen LogP contribution < -0.4 is 10.6 Å². The van der Waals surface area contributed by atoms with Gasteiger partial charge in [0.1, 0.15) is 11.9 Å². The monoisotopic (exact) mass is 344 g/mol. The van der Waals surface area contributed by atoms with Crippen molar-refractivity contribution in [2.24, 2.45) is 5.92 Å². The average molecular weight is 345 g/mol. The summed E-state index contributed by atoms with van der Waals surface area (Å²) in [4.78, 5) is 11.9. The van der Waals surface area contributed by atoms with Crippen LogP contribution in [0.5, 0.6) is 0 Å². The van der Waals surface area contributed by atoms with Gasteiger partial charge in [-0.1, -0.05) is 31.5 Å². The first kappa shape index (κ1) is 18.0. The van der Waals surface area contributed by atoms with Crippen molar-refractivity contribution in [3.05, 3.63) is 34.6 Å². The van der Waals surface area contributed by atoms with E-state index in [-0.39, 0.29) is 29.6 Å². The predicted octanol–water partition coefficient (Wildman–Crippen LogP) is 2.63. The molecule has 2 amide bonds. The van der Waals surface area contributed by atoms with Crippen molar-refractivity contribution in [1.29, 1.82) is 0 Å². The number of carbonyl (C=O) groups excluding carboxylic acids is 1. The molecule has 0 aromatic heterocycles. The van der Waals surface area contributed by atoms with Crippen LogP contribution in [0.15, 0.2) is 18.2 Å². The number of halogens is 2. The Labute approximate surface area is 140 Å². The summed E-state index contributed by atoms with van der Waals surface area (Å²) in [7, 11) is 0. The van der Waals surface area contributed by atoms with Crippen molar-refractivity contribution < 1.29 is 19.0 Å². The highest BCUT2D eigenvalue weighted by Gasteiger charge is 2.31. The third kappa shape index (κ3) is 4.80. The number of aliphatic hydroxyl groups is 1. The second-order valence-corrected chi connectivity index (χ2v) is 6.43. The molecule has 3 N–H and O–H groups in total. The Morgan fingerprint density at radius 1 is 1.52 bits per heavy atom. The van der Waals surface area contributed by atoms with E-state index in [1.807, 2.05) is 13.8 Å². The Balaban J connectivity index is 1.93. The van der Waals surface area contributed by atoms with Crippen LogP contribution in [0.3, 0.4) is 0 Å². The van der Waals surface area contributed by atoms with Gasteiger partial charge in [0.05, 0.1) is 17.2 Å². The van der Waals surface area contributed by atoms with E-state index in [1.165, 1.54) is 12.1 Å². The molecule has 23 heavy (non-hydrogen) atoms. The fourth-order valence-corrected chi connectivity index (χ4v) is 2.53. The molecule has 0 spiro atoms. The van der Waals surface area contributed by atoms with Crippen LogP contribution in [0.2, 0.25) is 5.02 Å². The van der Waals surface area contributed by atoms with Gasteiger partial charge in [-0.05, 0) is 30.0 Å². The van der Waals surface area contributed by atoms with E-state index < -0.39 is 18.0 Å². The molecule has 1 fully saturated rings. The zero-order chi connectivity index (χ0) is 17.0. The number of carbonyl (C=O) groups is 1. The minimum absolute atomic E-state index is 0.0525. The number of rotatable bonds is 5. The lowest BCUT2D eigenvalue weighted by Gasteiger charge is -2.22. The first-order valence-corrected chi connectivity index (χ1v) is 8.05. The Morgan fingerprint density at radius 3 is 2.91 bits per heavy atom. The van der Waals surface area contributed by atoms with E-state index in [0.717, 1.165) is 0 Å². The van der Waals surface area contributed by atoms with Crippen molar-refractivity contribution >= 4 is 17.6 Å². The maximum Gasteiger partial charge on any atom is 0.315 e. The van der Waals surface area contributed by atoms with E-state index >= 15 is 0 Å². The molecule has 1 aromatic rings. The van der Waals surface area contributed by atoms with Crippen LogP contribution in [-0.2, 0) is 4.74 Å².